The molecule has 4 nitrogen and oxygen atoms in total. The number of hydrogen-bond acceptors (Lipinski definition) is 4. The standard InChI is InChI=1S/C37H30F3NO3/c38-37(39,40)31-17-14-27(15-18-31)33-11-5-6-12-34(33)36(42)44-32-19-16-29-23-41(21-20-28(29)22-32)24-30-10-4-7-13-35(30)43-25-26-8-2-1-3-9-26/h1-19,22H,20-21,23-25H2. The average molecular weight is 594 g/mol. The Bertz CT molecular complexity index is 1750. The second kappa shape index (κ2) is 12.8. The number of ether oxygens (including phenoxy) is 2. The van der Waals surface area contributed by atoms with Crippen molar-refractivity contribution in [3.63, 3.8) is 0 Å². The van der Waals surface area contributed by atoms with E-state index in [1.807, 2.05) is 60.7 Å². The minimum Gasteiger partial charge on any atom is -0.489 e. The van der Waals surface area contributed by atoms with E-state index in [4.69, 9.17) is 9.47 Å². The van der Waals surface area contributed by atoms with Gasteiger partial charge in [0.15, 0.2) is 0 Å². The predicted molar refractivity (Wildman–Crippen MR) is 163 cm³/mol. The molecule has 0 spiro atoms. The van der Waals surface area contributed by atoms with Crippen LogP contribution in [-0.2, 0) is 32.3 Å². The molecule has 0 fully saturated rings. The van der Waals surface area contributed by atoms with Gasteiger partial charge in [-0.15, -0.1) is 0 Å². The molecule has 1 aliphatic rings. The summed E-state index contributed by atoms with van der Waals surface area (Å²) in [5.74, 6) is 0.745. The molecule has 0 bridgehead atoms. The van der Waals surface area contributed by atoms with Crippen molar-refractivity contribution in [2.45, 2.75) is 32.3 Å². The summed E-state index contributed by atoms with van der Waals surface area (Å²) >= 11 is 0. The molecular weight excluding hydrogens is 563 g/mol. The second-order valence-electron chi connectivity index (χ2n) is 10.8. The first kappa shape index (κ1) is 29.2. The summed E-state index contributed by atoms with van der Waals surface area (Å²) in [7, 11) is 0. The van der Waals surface area contributed by atoms with Gasteiger partial charge in [-0.2, -0.15) is 13.2 Å². The summed E-state index contributed by atoms with van der Waals surface area (Å²) < 4.78 is 51.0. The minimum absolute atomic E-state index is 0.282. The van der Waals surface area contributed by atoms with Gasteiger partial charge in [0.25, 0.3) is 0 Å². The van der Waals surface area contributed by atoms with Crippen molar-refractivity contribution in [2.75, 3.05) is 6.54 Å². The Kier molecular flexibility index (Phi) is 8.48. The van der Waals surface area contributed by atoms with E-state index in [0.717, 1.165) is 60.6 Å². The van der Waals surface area contributed by atoms with E-state index in [9.17, 15) is 18.0 Å². The third kappa shape index (κ3) is 6.84. The number of esters is 1. The fourth-order valence-corrected chi connectivity index (χ4v) is 5.45. The van der Waals surface area contributed by atoms with Crippen molar-refractivity contribution in [1.82, 2.24) is 4.90 Å². The van der Waals surface area contributed by atoms with Gasteiger partial charge in [0.1, 0.15) is 18.1 Å². The Morgan fingerprint density at radius 1 is 0.773 bits per heavy atom. The number of rotatable bonds is 8. The number of alkyl halides is 3. The minimum atomic E-state index is -4.43. The number of fused-ring (bicyclic) bond motifs is 1. The Hall–Kier alpha value is -4.88. The Labute approximate surface area is 254 Å². The highest BCUT2D eigenvalue weighted by Crippen LogP contribution is 2.33. The first-order valence-corrected chi connectivity index (χ1v) is 14.4. The van der Waals surface area contributed by atoms with E-state index in [2.05, 4.69) is 11.0 Å². The lowest BCUT2D eigenvalue weighted by Crippen LogP contribution is -2.30. The number of benzene rings is 5. The molecule has 0 aromatic heterocycles. The summed E-state index contributed by atoms with van der Waals surface area (Å²) in [6.45, 7) is 2.86. The van der Waals surface area contributed by atoms with Gasteiger partial charge in [-0.25, -0.2) is 4.79 Å². The first-order valence-electron chi connectivity index (χ1n) is 14.4. The molecule has 1 aliphatic heterocycles. The van der Waals surface area contributed by atoms with Crippen LogP contribution in [0.5, 0.6) is 11.5 Å². The maximum atomic E-state index is 13.2. The van der Waals surface area contributed by atoms with Gasteiger partial charge in [-0.3, -0.25) is 4.90 Å². The van der Waals surface area contributed by atoms with Gasteiger partial charge in [0, 0.05) is 25.2 Å². The van der Waals surface area contributed by atoms with Crippen LogP contribution in [0.25, 0.3) is 11.1 Å². The van der Waals surface area contributed by atoms with Crippen LogP contribution in [0.4, 0.5) is 13.2 Å². The summed E-state index contributed by atoms with van der Waals surface area (Å²) in [4.78, 5) is 15.6. The fourth-order valence-electron chi connectivity index (χ4n) is 5.45. The van der Waals surface area contributed by atoms with Crippen molar-refractivity contribution in [1.29, 1.82) is 0 Å². The third-order valence-corrected chi connectivity index (χ3v) is 7.75. The highest BCUT2D eigenvalue weighted by atomic mass is 19.4. The lowest BCUT2D eigenvalue weighted by atomic mass is 9.98. The van der Waals surface area contributed by atoms with Crippen molar-refractivity contribution in [3.8, 4) is 22.6 Å². The highest BCUT2D eigenvalue weighted by Gasteiger charge is 2.30. The highest BCUT2D eigenvalue weighted by molar-refractivity contribution is 5.98. The molecule has 0 N–H and O–H groups in total. The molecule has 5 aromatic carbocycles. The maximum Gasteiger partial charge on any atom is 0.416 e. The molecule has 0 amide bonds. The summed E-state index contributed by atoms with van der Waals surface area (Å²) in [5.41, 5.74) is 5.09. The van der Waals surface area contributed by atoms with Crippen LogP contribution < -0.4 is 9.47 Å². The maximum absolute atomic E-state index is 13.2. The molecule has 0 unspecified atom stereocenters. The molecule has 7 heteroatoms. The molecule has 0 saturated carbocycles. The predicted octanol–water partition coefficient (Wildman–Crippen LogP) is 8.73. The van der Waals surface area contributed by atoms with Crippen LogP contribution >= 0.6 is 0 Å². The van der Waals surface area contributed by atoms with Crippen molar-refractivity contribution in [2.24, 2.45) is 0 Å². The summed E-state index contributed by atoms with van der Waals surface area (Å²) in [6, 6.07) is 35.4. The third-order valence-electron chi connectivity index (χ3n) is 7.75. The smallest absolute Gasteiger partial charge is 0.416 e. The number of para-hydroxylation sites is 1. The zero-order valence-electron chi connectivity index (χ0n) is 23.9. The molecule has 0 aliphatic carbocycles. The zero-order valence-corrected chi connectivity index (χ0v) is 23.9. The van der Waals surface area contributed by atoms with E-state index < -0.39 is 17.7 Å². The molecule has 0 radical (unpaired) electrons. The molecule has 222 valence electrons. The second-order valence-corrected chi connectivity index (χ2v) is 10.8. The van der Waals surface area contributed by atoms with Crippen molar-refractivity contribution < 1.29 is 27.4 Å². The number of carbonyl (C=O) groups excluding carboxylic acids is 1. The molecular formula is C37H30F3NO3. The number of carbonyl (C=O) groups is 1. The SMILES string of the molecule is O=C(Oc1ccc2c(c1)CCN(Cc1ccccc1OCc1ccccc1)C2)c1ccccc1-c1ccc(C(F)(F)F)cc1. The van der Waals surface area contributed by atoms with E-state index in [1.54, 1.807) is 30.3 Å². The Morgan fingerprint density at radius 2 is 1.50 bits per heavy atom. The van der Waals surface area contributed by atoms with Crippen LogP contribution in [0, 0.1) is 0 Å². The normalized spacial score (nSPS) is 13.2. The number of halogens is 3. The number of hydrogen-bond donors (Lipinski definition) is 0. The van der Waals surface area contributed by atoms with E-state index in [-0.39, 0.29) is 5.56 Å². The van der Waals surface area contributed by atoms with Gasteiger partial charge >= 0.3 is 12.1 Å². The lowest BCUT2D eigenvalue weighted by Gasteiger charge is -2.29. The average Bonchev–Trinajstić information content (AvgIpc) is 3.04. The van der Waals surface area contributed by atoms with Gasteiger partial charge in [-0.05, 0) is 70.6 Å². The van der Waals surface area contributed by atoms with E-state index >= 15 is 0 Å². The van der Waals surface area contributed by atoms with Crippen LogP contribution in [0.1, 0.15) is 38.2 Å². The lowest BCUT2D eigenvalue weighted by molar-refractivity contribution is -0.137. The molecule has 44 heavy (non-hydrogen) atoms. The topological polar surface area (TPSA) is 38.8 Å². The van der Waals surface area contributed by atoms with Crippen molar-refractivity contribution >= 4 is 5.97 Å². The Balaban J connectivity index is 1.11. The molecule has 6 rings (SSSR count). The van der Waals surface area contributed by atoms with Crippen LogP contribution in [-0.4, -0.2) is 17.4 Å². The van der Waals surface area contributed by atoms with Gasteiger partial charge in [-0.1, -0.05) is 84.9 Å². The number of nitrogens with zero attached hydrogens (tertiary/aromatic N) is 1. The first-order chi connectivity index (χ1) is 21.3. The summed E-state index contributed by atoms with van der Waals surface area (Å²) in [5, 5.41) is 0. The largest absolute Gasteiger partial charge is 0.489 e. The van der Waals surface area contributed by atoms with E-state index in [0.29, 0.717) is 23.5 Å². The monoisotopic (exact) mass is 593 g/mol. The summed E-state index contributed by atoms with van der Waals surface area (Å²) in [6.07, 6.45) is -3.63. The van der Waals surface area contributed by atoms with Gasteiger partial charge < -0.3 is 9.47 Å². The molecule has 5 aromatic rings. The molecule has 0 atom stereocenters. The van der Waals surface area contributed by atoms with E-state index in [1.165, 1.54) is 17.7 Å². The Morgan fingerprint density at radius 3 is 2.30 bits per heavy atom. The zero-order chi connectivity index (χ0) is 30.5. The van der Waals surface area contributed by atoms with Crippen LogP contribution in [0.2, 0.25) is 0 Å². The quantitative estimate of drug-likeness (QED) is 0.133. The fraction of sp³-hybridized carbons (Fsp3) is 0.162. The molecule has 0 saturated heterocycles. The molecule has 1 heterocycles. The van der Waals surface area contributed by atoms with Gasteiger partial charge in [0.05, 0.1) is 11.1 Å². The van der Waals surface area contributed by atoms with Gasteiger partial charge in [0.2, 0.25) is 0 Å². The van der Waals surface area contributed by atoms with Crippen LogP contribution in [0.15, 0.2) is 121 Å². The van der Waals surface area contributed by atoms with Crippen molar-refractivity contribution in [3.05, 3.63) is 155 Å². The van der Waals surface area contributed by atoms with Crippen LogP contribution in [0.3, 0.4) is 0 Å².